The molecule has 3 radical (unpaired) electrons. The number of pyridine rings is 3. The van der Waals surface area contributed by atoms with Crippen LogP contribution in [0.1, 0.15) is 79.3 Å². The van der Waals surface area contributed by atoms with Crippen LogP contribution in [0.3, 0.4) is 0 Å². The molecule has 37 nitrogen and oxygen atoms in total. The molecule has 0 unspecified atom stereocenters. The number of furan rings is 3. The van der Waals surface area contributed by atoms with Gasteiger partial charge in [-0.1, -0.05) is 55.7 Å². The Hall–Kier alpha value is -12.1. The zero-order valence-electron chi connectivity index (χ0n) is 73.0. The van der Waals surface area contributed by atoms with Gasteiger partial charge in [-0.3, -0.25) is 23.7 Å². The van der Waals surface area contributed by atoms with Crippen LogP contribution in [0.5, 0.6) is 0 Å². The lowest BCUT2D eigenvalue weighted by molar-refractivity contribution is -0.159. The molecular formula is C92H101BN17O20S2. The van der Waals surface area contributed by atoms with Gasteiger partial charge in [-0.15, -0.1) is 0 Å². The van der Waals surface area contributed by atoms with Crippen molar-refractivity contribution in [2.75, 3.05) is 172 Å². The van der Waals surface area contributed by atoms with Crippen molar-refractivity contribution >= 4 is 164 Å². The summed E-state index contributed by atoms with van der Waals surface area (Å²) in [5.74, 6) is 0.687. The van der Waals surface area contributed by atoms with Crippen molar-refractivity contribution in [3.8, 4) is 34.2 Å². The first-order valence-electron chi connectivity index (χ1n) is 43.8. The summed E-state index contributed by atoms with van der Waals surface area (Å²) < 4.78 is 103. The number of carbonyl (C=O) groups excluding carboxylic acids is 1. The molecule has 15 aromatic rings. The smallest absolute Gasteiger partial charge is 0.414 e. The van der Waals surface area contributed by atoms with Crippen LogP contribution in [-0.4, -0.2) is 290 Å². The van der Waals surface area contributed by atoms with Crippen molar-refractivity contribution in [1.82, 2.24) is 69.6 Å². The number of morpholine rings is 3. The molecule has 8 aliphatic heterocycles. The number of nitrogens with zero attached hydrogens (tertiary/aromatic N) is 14. The number of nitrogens with one attached hydrogen (secondary N) is 3. The molecule has 7 N–H and O–H groups in total. The first-order chi connectivity index (χ1) is 63.4. The highest BCUT2D eigenvalue weighted by Crippen LogP contribution is 2.46. The van der Waals surface area contributed by atoms with Crippen molar-refractivity contribution in [2.45, 2.75) is 70.9 Å². The standard InChI is InChI=1S/2C29H30N6O3.C22H17N5O3.C8H14O.C2H2O4.2CH4O3S.B/c2*1-2-21(20-4-7-30-23(20)3-1)26-32-24-22-14-19(16-34-8-5-29(6-9-34)17-37-18-29)15-31-28(22)38-25(24)27(33-26)35-10-12-36-13-11-35;28-12-13-10-16-18-19(30-22(16)24-11-13)21(27-6-8-29-9-7-27)26-20(25-18)15-2-1-3-17-14(15)4-5-23-17;1-2-4-8(5-3-1)6-9-7-8;3-1(4)2(5)6;2*1-5(2,3)4;/h2*1-4,7,14-15,30H,5-6,8-13,16-18H2;1-5,10-12,23H,6-9H2;1-7H2;(H,3,4)(H,5,6);2*1H3,(H,2,3,4);. The highest BCUT2D eigenvalue weighted by Gasteiger charge is 2.43. The van der Waals surface area contributed by atoms with Gasteiger partial charge in [0.05, 0.1) is 108 Å². The predicted octanol–water partition coefficient (Wildman–Crippen LogP) is 12.1. The van der Waals surface area contributed by atoms with E-state index in [4.69, 9.17) is 110 Å². The van der Waals surface area contributed by atoms with E-state index in [0.29, 0.717) is 149 Å². The van der Waals surface area contributed by atoms with Crippen molar-refractivity contribution < 1.29 is 92.2 Å². The molecule has 0 atom stereocenters. The Morgan fingerprint density at radius 1 is 0.409 bits per heavy atom. The minimum absolute atomic E-state index is 0. The van der Waals surface area contributed by atoms with E-state index in [0.717, 1.165) is 200 Å². The van der Waals surface area contributed by atoms with Gasteiger partial charge in [0.1, 0.15) is 16.6 Å². The van der Waals surface area contributed by atoms with Crippen LogP contribution in [0.4, 0.5) is 17.5 Å². The fraction of sp³-hybridized carbons (Fsp3) is 0.413. The highest BCUT2D eigenvalue weighted by atomic mass is 32.2. The van der Waals surface area contributed by atoms with Crippen molar-refractivity contribution in [1.29, 1.82) is 0 Å². The number of aromatic nitrogens is 12. The summed E-state index contributed by atoms with van der Waals surface area (Å²) in [5, 5.41) is 20.6. The molecule has 0 bridgehead atoms. The van der Waals surface area contributed by atoms with Gasteiger partial charge in [0.2, 0.25) is 17.1 Å². The molecule has 9 aliphatic rings. The zero-order valence-corrected chi connectivity index (χ0v) is 74.6. The number of benzene rings is 3. The van der Waals surface area contributed by atoms with Gasteiger partial charge in [0.15, 0.2) is 58.0 Å². The van der Waals surface area contributed by atoms with Crippen molar-refractivity contribution in [2.24, 2.45) is 16.2 Å². The number of piperidine rings is 2. The number of hydrogen-bond acceptors (Lipinski definition) is 30. The number of H-pyrrole nitrogens is 3. The number of aromatic amines is 3. The number of hydrogen-bond donors (Lipinski definition) is 7. The third-order valence-electron chi connectivity index (χ3n) is 25.4. The quantitative estimate of drug-likeness (QED) is 0.0274. The molecule has 3 aromatic carbocycles. The fourth-order valence-electron chi connectivity index (χ4n) is 18.3. The van der Waals surface area contributed by atoms with Gasteiger partial charge in [-0.05, 0) is 130 Å². The minimum Gasteiger partial charge on any atom is -0.473 e. The number of carboxylic acids is 2. The lowest BCUT2D eigenvalue weighted by Gasteiger charge is -2.47. The second-order valence-corrected chi connectivity index (χ2v) is 37.7. The summed E-state index contributed by atoms with van der Waals surface area (Å²) in [6.07, 6.45) is 25.5. The van der Waals surface area contributed by atoms with Crippen LogP contribution in [0.25, 0.3) is 133 Å². The van der Waals surface area contributed by atoms with Gasteiger partial charge < -0.3 is 81.5 Å². The largest absolute Gasteiger partial charge is 0.473 e. The molecular weight excluding hydrogens is 1740 g/mol. The van der Waals surface area contributed by atoms with Gasteiger partial charge in [0.25, 0.3) is 20.2 Å². The number of ether oxygens (including phenoxy) is 6. The number of fused-ring (bicyclic) bond motifs is 12. The maximum absolute atomic E-state index is 11.3. The lowest BCUT2D eigenvalue weighted by atomic mass is 9.73. The molecule has 24 rings (SSSR count). The number of likely N-dealkylation sites (tertiary alicyclic amines) is 2. The fourth-order valence-corrected chi connectivity index (χ4v) is 18.3. The van der Waals surface area contributed by atoms with Crippen LogP contribution in [0, 0.1) is 16.2 Å². The molecule has 0 amide bonds. The normalized spacial score (nSPS) is 18.3. The number of aliphatic carboxylic acids is 2. The SMILES string of the molecule is C1CCC2(CC1)COC2.CS(=O)(=O)O.CS(=O)(=O)O.O=C(O)C(=O)O.O=Cc1cnc2oc3c(N4CCOCC4)nc(-c4cccc5[nH]ccc45)nc3c2c1.[B].c1cc(-c2nc(N3CCOCC3)c3oc4ncc(CN5CCC6(CC5)COC6)cc4c3n2)c2cc[nH]c2c1.c1cc(-c2nc(N3CCOCC3)c3oc4ncc(CN5CCC6(CC5)COC6)cc4c3n2)c2cc[nH]c2c1. The number of aldehydes is 1. The monoisotopic (exact) mass is 1840 g/mol. The van der Waals surface area contributed by atoms with Crippen LogP contribution in [0.2, 0.25) is 0 Å². The Labute approximate surface area is 759 Å². The Bertz CT molecular complexity index is 6620. The Balaban J connectivity index is 0.000000122. The van der Waals surface area contributed by atoms with E-state index < -0.39 is 32.2 Å². The summed E-state index contributed by atoms with van der Waals surface area (Å²) >= 11 is 0. The molecule has 132 heavy (non-hydrogen) atoms. The minimum atomic E-state index is -3.67. The van der Waals surface area contributed by atoms with E-state index in [1.165, 1.54) is 75.1 Å². The van der Waals surface area contributed by atoms with E-state index in [1.54, 1.807) is 6.07 Å². The molecule has 3 spiro atoms. The summed E-state index contributed by atoms with van der Waals surface area (Å²) in [5.41, 5.74) is 16.4. The Kier molecular flexibility index (Phi) is 27.4. The first kappa shape index (κ1) is 91.8. The molecule has 12 aromatic heterocycles. The molecule has 1 saturated carbocycles. The molecule has 20 heterocycles. The van der Waals surface area contributed by atoms with E-state index in [1.807, 2.05) is 67.4 Å². The molecule has 9 fully saturated rings. The molecule has 40 heteroatoms. The van der Waals surface area contributed by atoms with Crippen LogP contribution in [-0.2, 0) is 71.3 Å². The summed E-state index contributed by atoms with van der Waals surface area (Å²) in [7, 11) is -7.33. The maximum Gasteiger partial charge on any atom is 0.414 e. The summed E-state index contributed by atoms with van der Waals surface area (Å²) in [6, 6.07) is 30.8. The van der Waals surface area contributed by atoms with Gasteiger partial charge >= 0.3 is 11.9 Å². The zero-order chi connectivity index (χ0) is 90.6. The summed E-state index contributed by atoms with van der Waals surface area (Å²) in [6.45, 7) is 20.4. The van der Waals surface area contributed by atoms with Crippen molar-refractivity contribution in [3.05, 3.63) is 145 Å². The third-order valence-corrected chi connectivity index (χ3v) is 25.4. The third kappa shape index (κ3) is 20.7. The van der Waals surface area contributed by atoms with E-state index in [9.17, 15) is 21.6 Å². The van der Waals surface area contributed by atoms with E-state index in [2.05, 4.69) is 93.0 Å². The predicted molar refractivity (Wildman–Crippen MR) is 496 cm³/mol. The second kappa shape index (κ2) is 39.4. The first-order valence-corrected chi connectivity index (χ1v) is 47.5. The maximum atomic E-state index is 11.3. The van der Waals surface area contributed by atoms with Gasteiger partial charge in [0, 0.05) is 169 Å². The Morgan fingerprint density at radius 2 is 0.720 bits per heavy atom. The molecule has 689 valence electrons. The second-order valence-electron chi connectivity index (χ2n) is 34.8. The van der Waals surface area contributed by atoms with Crippen LogP contribution in [0.15, 0.2) is 141 Å². The number of anilines is 3. The highest BCUT2D eigenvalue weighted by molar-refractivity contribution is 7.85. The number of carboxylic acid groups (broad SMARTS) is 2. The van der Waals surface area contributed by atoms with Crippen molar-refractivity contribution in [3.63, 3.8) is 0 Å². The number of carbonyl (C=O) groups is 3. The van der Waals surface area contributed by atoms with E-state index >= 15 is 0 Å². The summed E-state index contributed by atoms with van der Waals surface area (Å²) in [4.78, 5) is 94.9. The van der Waals surface area contributed by atoms with Gasteiger partial charge in [-0.2, -0.15) is 16.8 Å². The average molecular weight is 1840 g/mol. The van der Waals surface area contributed by atoms with Crippen LogP contribution < -0.4 is 14.7 Å². The lowest BCUT2D eigenvalue weighted by Crippen LogP contribution is -2.50. The topological polar surface area (TPSA) is 475 Å². The molecule has 1 aliphatic carbocycles. The van der Waals surface area contributed by atoms with E-state index in [-0.39, 0.29) is 8.41 Å². The average Bonchev–Trinajstić information content (AvgIpc) is 1.59. The number of rotatable bonds is 11. The Morgan fingerprint density at radius 3 is 1.02 bits per heavy atom. The van der Waals surface area contributed by atoms with Gasteiger partial charge in [-0.25, -0.2) is 54.4 Å². The van der Waals surface area contributed by atoms with Crippen LogP contribution >= 0.6 is 0 Å². The molecule has 8 saturated heterocycles.